The van der Waals surface area contributed by atoms with Gasteiger partial charge >= 0.3 is 0 Å². The van der Waals surface area contributed by atoms with Crippen LogP contribution in [-0.2, 0) is 0 Å². The highest BCUT2D eigenvalue weighted by molar-refractivity contribution is 7.10. The maximum Gasteiger partial charge on any atom is 0.227 e. The number of fused-ring (bicyclic) bond motifs is 1. The van der Waals surface area contributed by atoms with Crippen molar-refractivity contribution in [2.24, 2.45) is 5.73 Å². The minimum atomic E-state index is -0.189. The first kappa shape index (κ1) is 14.8. The average Bonchev–Trinajstić information content (AvgIpc) is 3.05. The summed E-state index contributed by atoms with van der Waals surface area (Å²) in [5, 5.41) is 3.05. The fourth-order valence-corrected chi connectivity index (χ4v) is 3.08. The lowest BCUT2D eigenvalue weighted by molar-refractivity contribution is 0.0941. The molecule has 0 bridgehead atoms. The largest absolute Gasteiger partial charge is 0.320 e. The van der Waals surface area contributed by atoms with Crippen molar-refractivity contribution < 1.29 is 4.79 Å². The molecule has 0 fully saturated rings. The minimum Gasteiger partial charge on any atom is -0.320 e. The van der Waals surface area contributed by atoms with Gasteiger partial charge in [0.1, 0.15) is 0 Å². The van der Waals surface area contributed by atoms with Crippen LogP contribution in [0, 0.1) is 0 Å². The summed E-state index contributed by atoms with van der Waals surface area (Å²) in [6.07, 6.45) is 1.86. The Bertz CT molecular complexity index is 734. The first-order valence-electron chi connectivity index (χ1n) is 6.08. The average molecular weight is 307 g/mol. The van der Waals surface area contributed by atoms with Crippen LogP contribution in [0.1, 0.15) is 28.2 Å². The molecule has 5 heteroatoms. The second-order valence-corrected chi connectivity index (χ2v) is 5.46. The van der Waals surface area contributed by atoms with Gasteiger partial charge in [0, 0.05) is 28.9 Å². The summed E-state index contributed by atoms with van der Waals surface area (Å²) < 4.78 is 1.66. The molecule has 3 aromatic rings. The zero-order valence-corrected chi connectivity index (χ0v) is 12.6. The van der Waals surface area contributed by atoms with Crippen molar-refractivity contribution in [1.82, 2.24) is 4.57 Å². The molecular weight excluding hydrogens is 292 g/mol. The van der Waals surface area contributed by atoms with Gasteiger partial charge in [-0.15, -0.1) is 23.7 Å². The van der Waals surface area contributed by atoms with Crippen molar-refractivity contribution in [3.8, 4) is 0 Å². The van der Waals surface area contributed by atoms with Gasteiger partial charge in [-0.1, -0.05) is 24.3 Å². The van der Waals surface area contributed by atoms with Crippen molar-refractivity contribution in [3.05, 3.63) is 58.4 Å². The van der Waals surface area contributed by atoms with Gasteiger partial charge in [0.25, 0.3) is 0 Å². The molecule has 0 saturated carbocycles. The predicted octanol–water partition coefficient (Wildman–Crippen LogP) is 3.83. The van der Waals surface area contributed by atoms with E-state index in [0.29, 0.717) is 0 Å². The maximum absolute atomic E-state index is 11.7. The zero-order valence-electron chi connectivity index (χ0n) is 10.9. The standard InChI is InChI=1S/C15H14N2OS.ClH/c1-10(18)17-9-12(11-5-2-3-6-13(11)17)15(16)14-7-4-8-19-14;/h2-9,15H,16H2,1H3;1H/t15-;/m1./s1. The molecule has 0 spiro atoms. The topological polar surface area (TPSA) is 48.0 Å². The summed E-state index contributed by atoms with van der Waals surface area (Å²) in [5.41, 5.74) is 8.23. The zero-order chi connectivity index (χ0) is 13.4. The maximum atomic E-state index is 11.7. The summed E-state index contributed by atoms with van der Waals surface area (Å²) in [5.74, 6) is 0.000768. The van der Waals surface area contributed by atoms with E-state index in [1.165, 1.54) is 0 Å². The summed E-state index contributed by atoms with van der Waals surface area (Å²) >= 11 is 1.63. The molecule has 2 heterocycles. The minimum absolute atomic E-state index is 0. The lowest BCUT2D eigenvalue weighted by Gasteiger charge is -2.07. The van der Waals surface area contributed by atoms with Crippen molar-refractivity contribution in [3.63, 3.8) is 0 Å². The monoisotopic (exact) mass is 306 g/mol. The highest BCUT2D eigenvalue weighted by Gasteiger charge is 2.17. The molecule has 0 amide bonds. The van der Waals surface area contributed by atoms with E-state index in [-0.39, 0.29) is 24.4 Å². The number of thiophene rings is 1. The molecule has 20 heavy (non-hydrogen) atoms. The highest BCUT2D eigenvalue weighted by Crippen LogP contribution is 2.31. The van der Waals surface area contributed by atoms with Crippen molar-refractivity contribution >= 4 is 40.6 Å². The van der Waals surface area contributed by atoms with E-state index in [1.807, 2.05) is 48.0 Å². The second-order valence-electron chi connectivity index (χ2n) is 4.48. The first-order chi connectivity index (χ1) is 9.18. The van der Waals surface area contributed by atoms with Crippen LogP contribution in [0.25, 0.3) is 10.9 Å². The van der Waals surface area contributed by atoms with Crippen molar-refractivity contribution in [1.29, 1.82) is 0 Å². The van der Waals surface area contributed by atoms with Gasteiger partial charge in [-0.2, -0.15) is 0 Å². The number of halogens is 1. The van der Waals surface area contributed by atoms with Crippen LogP contribution in [0.5, 0.6) is 0 Å². The van der Waals surface area contributed by atoms with Crippen LogP contribution in [0.3, 0.4) is 0 Å². The molecule has 2 aromatic heterocycles. The Hall–Kier alpha value is -1.62. The Morgan fingerprint density at radius 1 is 1.25 bits per heavy atom. The van der Waals surface area contributed by atoms with Gasteiger partial charge < -0.3 is 5.73 Å². The van der Waals surface area contributed by atoms with Crippen LogP contribution < -0.4 is 5.73 Å². The molecule has 3 rings (SSSR count). The Labute approximate surface area is 127 Å². The van der Waals surface area contributed by atoms with E-state index in [2.05, 4.69) is 0 Å². The number of aromatic nitrogens is 1. The molecule has 0 saturated heterocycles. The summed E-state index contributed by atoms with van der Waals surface area (Å²) in [6, 6.07) is 11.7. The number of benzene rings is 1. The Balaban J connectivity index is 0.00000147. The van der Waals surface area contributed by atoms with Gasteiger partial charge in [0.2, 0.25) is 5.91 Å². The third-order valence-corrected chi connectivity index (χ3v) is 4.22. The van der Waals surface area contributed by atoms with Gasteiger partial charge in [0.05, 0.1) is 11.6 Å². The molecule has 0 aliphatic rings. The highest BCUT2D eigenvalue weighted by atomic mass is 35.5. The number of para-hydroxylation sites is 1. The molecule has 0 aliphatic heterocycles. The Morgan fingerprint density at radius 2 is 2.00 bits per heavy atom. The molecule has 1 atom stereocenters. The number of nitrogens with zero attached hydrogens (tertiary/aromatic N) is 1. The normalized spacial score (nSPS) is 12.1. The third-order valence-electron chi connectivity index (χ3n) is 3.27. The Morgan fingerprint density at radius 3 is 2.65 bits per heavy atom. The molecule has 104 valence electrons. The molecule has 0 radical (unpaired) electrons. The van der Waals surface area contributed by atoms with Crippen LogP contribution in [0.2, 0.25) is 0 Å². The van der Waals surface area contributed by atoms with Crippen molar-refractivity contribution in [2.45, 2.75) is 13.0 Å². The van der Waals surface area contributed by atoms with E-state index in [1.54, 1.807) is 22.8 Å². The van der Waals surface area contributed by atoms with E-state index < -0.39 is 0 Å². The fraction of sp³-hybridized carbons (Fsp3) is 0.133. The SMILES string of the molecule is CC(=O)n1cc([C@@H](N)c2cccs2)c2ccccc21.Cl. The Kier molecular flexibility index (Phi) is 4.28. The number of rotatable bonds is 2. The van der Waals surface area contributed by atoms with Gasteiger partial charge in [-0.25, -0.2) is 0 Å². The van der Waals surface area contributed by atoms with E-state index in [4.69, 9.17) is 5.73 Å². The molecule has 2 N–H and O–H groups in total. The van der Waals surface area contributed by atoms with Crippen LogP contribution in [0.4, 0.5) is 0 Å². The number of hydrogen-bond donors (Lipinski definition) is 1. The van der Waals surface area contributed by atoms with Crippen LogP contribution >= 0.6 is 23.7 Å². The van der Waals surface area contributed by atoms with E-state index in [0.717, 1.165) is 21.3 Å². The lowest BCUT2D eigenvalue weighted by atomic mass is 10.1. The van der Waals surface area contributed by atoms with Crippen LogP contribution in [0.15, 0.2) is 48.0 Å². The third kappa shape index (κ3) is 2.38. The van der Waals surface area contributed by atoms with E-state index in [9.17, 15) is 4.79 Å². The summed E-state index contributed by atoms with van der Waals surface area (Å²) in [4.78, 5) is 12.8. The van der Waals surface area contributed by atoms with Crippen LogP contribution in [-0.4, -0.2) is 10.5 Å². The smallest absolute Gasteiger partial charge is 0.227 e. The predicted molar refractivity (Wildman–Crippen MR) is 85.8 cm³/mol. The number of carbonyl (C=O) groups is 1. The van der Waals surface area contributed by atoms with E-state index >= 15 is 0 Å². The van der Waals surface area contributed by atoms with Gasteiger partial charge in [0.15, 0.2) is 0 Å². The second kappa shape index (κ2) is 5.79. The van der Waals surface area contributed by atoms with Gasteiger partial charge in [-0.3, -0.25) is 9.36 Å². The molecule has 0 unspecified atom stereocenters. The quantitative estimate of drug-likeness (QED) is 0.782. The molecule has 1 aromatic carbocycles. The van der Waals surface area contributed by atoms with Crippen molar-refractivity contribution in [2.75, 3.05) is 0 Å². The first-order valence-corrected chi connectivity index (χ1v) is 6.96. The number of carbonyl (C=O) groups excluding carboxylic acids is 1. The van der Waals surface area contributed by atoms with Gasteiger partial charge in [-0.05, 0) is 17.5 Å². The summed E-state index contributed by atoms with van der Waals surface area (Å²) in [7, 11) is 0. The molecule has 0 aliphatic carbocycles. The summed E-state index contributed by atoms with van der Waals surface area (Å²) in [6.45, 7) is 1.56. The lowest BCUT2D eigenvalue weighted by Crippen LogP contribution is -2.10. The fourth-order valence-electron chi connectivity index (χ4n) is 2.34. The number of nitrogens with two attached hydrogens (primary N) is 1. The molecule has 3 nitrogen and oxygen atoms in total. The number of hydrogen-bond acceptors (Lipinski definition) is 3. The molecular formula is C15H15ClN2OS.